The molecule has 0 unspecified atom stereocenters. The summed E-state index contributed by atoms with van der Waals surface area (Å²) in [6.45, 7) is 2.34. The number of nitrogens with one attached hydrogen (secondary N) is 2. The van der Waals surface area contributed by atoms with Crippen molar-refractivity contribution in [3.63, 3.8) is 0 Å². The highest BCUT2D eigenvalue weighted by molar-refractivity contribution is 9.10. The van der Waals surface area contributed by atoms with Crippen molar-refractivity contribution in [2.75, 3.05) is 18.8 Å². The molecule has 1 aromatic rings. The number of halogens is 1. The number of rotatable bonds is 6. The monoisotopic (exact) mass is 349 g/mol. The maximum Gasteiger partial charge on any atom is 0.242 e. The molecule has 0 aliphatic carbocycles. The zero-order valence-electron chi connectivity index (χ0n) is 10.4. The van der Waals surface area contributed by atoms with Gasteiger partial charge in [-0.2, -0.15) is 0 Å². The van der Waals surface area contributed by atoms with Crippen LogP contribution in [-0.2, 0) is 14.8 Å². The van der Waals surface area contributed by atoms with Gasteiger partial charge >= 0.3 is 0 Å². The Labute approximate surface area is 120 Å². The summed E-state index contributed by atoms with van der Waals surface area (Å²) in [7, 11) is -3.71. The number of hydrogen-bond acceptors (Lipinski definition) is 4. The third-order valence-corrected chi connectivity index (χ3v) is 4.29. The van der Waals surface area contributed by atoms with Gasteiger partial charge in [-0.05, 0) is 25.1 Å². The second kappa shape index (κ2) is 6.88. The Morgan fingerprint density at radius 2 is 2.11 bits per heavy atom. The third-order valence-electron chi connectivity index (χ3n) is 2.28. The molecule has 0 heterocycles. The van der Waals surface area contributed by atoms with Crippen LogP contribution < -0.4 is 15.8 Å². The smallest absolute Gasteiger partial charge is 0.242 e. The van der Waals surface area contributed by atoms with Gasteiger partial charge in [-0.25, -0.2) is 13.1 Å². The number of amides is 1. The second-order valence-electron chi connectivity index (χ2n) is 3.78. The van der Waals surface area contributed by atoms with E-state index in [1.807, 2.05) is 0 Å². The number of carbonyl (C=O) groups excluding carboxylic acids is 1. The van der Waals surface area contributed by atoms with E-state index >= 15 is 0 Å². The van der Waals surface area contributed by atoms with E-state index in [1.54, 1.807) is 13.0 Å². The minimum atomic E-state index is -3.71. The molecule has 0 fully saturated rings. The van der Waals surface area contributed by atoms with E-state index in [9.17, 15) is 13.2 Å². The third kappa shape index (κ3) is 4.81. The lowest BCUT2D eigenvalue weighted by molar-refractivity contribution is -0.120. The van der Waals surface area contributed by atoms with Gasteiger partial charge in [0.15, 0.2) is 0 Å². The fraction of sp³-hybridized carbons (Fsp3) is 0.364. The Bertz CT molecular complexity index is 560. The van der Waals surface area contributed by atoms with E-state index in [1.165, 1.54) is 12.1 Å². The topological polar surface area (TPSA) is 101 Å². The number of carbonyl (C=O) groups is 1. The lowest BCUT2D eigenvalue weighted by Gasteiger charge is -2.09. The Morgan fingerprint density at radius 1 is 1.42 bits per heavy atom. The highest BCUT2D eigenvalue weighted by Crippen LogP contribution is 2.22. The molecule has 1 rings (SSSR count). The number of anilines is 1. The van der Waals surface area contributed by atoms with Crippen LogP contribution in [0.2, 0.25) is 0 Å². The summed E-state index contributed by atoms with van der Waals surface area (Å²) >= 11 is 3.19. The molecule has 6 nitrogen and oxygen atoms in total. The van der Waals surface area contributed by atoms with Gasteiger partial charge in [0.1, 0.15) is 4.90 Å². The molecule has 19 heavy (non-hydrogen) atoms. The molecule has 0 saturated heterocycles. The lowest BCUT2D eigenvalue weighted by Crippen LogP contribution is -2.31. The van der Waals surface area contributed by atoms with Gasteiger partial charge in [-0.1, -0.05) is 15.9 Å². The number of nitrogens with two attached hydrogens (primary N) is 1. The maximum atomic E-state index is 12.0. The molecule has 0 aromatic heterocycles. The van der Waals surface area contributed by atoms with Crippen molar-refractivity contribution in [1.29, 1.82) is 0 Å². The Kier molecular flexibility index (Phi) is 5.77. The molecule has 8 heteroatoms. The number of nitrogen functional groups attached to an aromatic ring is 1. The van der Waals surface area contributed by atoms with Gasteiger partial charge in [-0.15, -0.1) is 0 Å². The predicted molar refractivity (Wildman–Crippen MR) is 77.0 cm³/mol. The molecule has 0 bridgehead atoms. The second-order valence-corrected chi connectivity index (χ2v) is 6.43. The molecule has 0 atom stereocenters. The molecule has 1 aromatic carbocycles. The van der Waals surface area contributed by atoms with Gasteiger partial charge in [0.2, 0.25) is 15.9 Å². The fourth-order valence-electron chi connectivity index (χ4n) is 1.40. The van der Waals surface area contributed by atoms with Crippen LogP contribution in [0.25, 0.3) is 0 Å². The first-order valence-corrected chi connectivity index (χ1v) is 7.96. The van der Waals surface area contributed by atoms with Crippen LogP contribution in [0.5, 0.6) is 0 Å². The Balaban J connectivity index is 2.71. The van der Waals surface area contributed by atoms with Gasteiger partial charge in [0, 0.05) is 24.0 Å². The minimum Gasteiger partial charge on any atom is -0.398 e. The average molecular weight is 350 g/mol. The van der Waals surface area contributed by atoms with Crippen LogP contribution in [0.3, 0.4) is 0 Å². The van der Waals surface area contributed by atoms with Gasteiger partial charge in [-0.3, -0.25) is 4.79 Å². The van der Waals surface area contributed by atoms with Crippen molar-refractivity contribution in [1.82, 2.24) is 10.0 Å². The SMILES string of the molecule is CCNC(=O)CCNS(=O)(=O)c1cc(Br)ccc1N. The highest BCUT2D eigenvalue weighted by atomic mass is 79.9. The van der Waals surface area contributed by atoms with Crippen LogP contribution in [0.1, 0.15) is 13.3 Å². The Hall–Kier alpha value is -1.12. The molecule has 0 aliphatic rings. The van der Waals surface area contributed by atoms with E-state index in [2.05, 4.69) is 26.0 Å². The minimum absolute atomic E-state index is 0.00206. The summed E-state index contributed by atoms with van der Waals surface area (Å²) in [6.07, 6.45) is 0.0843. The first-order valence-electron chi connectivity index (χ1n) is 5.68. The van der Waals surface area contributed by atoms with Crippen molar-refractivity contribution in [2.45, 2.75) is 18.2 Å². The predicted octanol–water partition coefficient (Wildman–Crippen LogP) is 0.836. The van der Waals surface area contributed by atoms with Gasteiger partial charge in [0.25, 0.3) is 0 Å². The summed E-state index contributed by atoms with van der Waals surface area (Å²) in [5.41, 5.74) is 5.80. The van der Waals surface area contributed by atoms with E-state index in [4.69, 9.17) is 5.73 Å². The Morgan fingerprint density at radius 3 is 2.74 bits per heavy atom. The first-order chi connectivity index (χ1) is 8.86. The standard InChI is InChI=1S/C11H16BrN3O3S/c1-2-14-11(16)5-6-15-19(17,18)10-7-8(12)3-4-9(10)13/h3-4,7,15H,2,5-6,13H2,1H3,(H,14,16). The summed E-state index contributed by atoms with van der Waals surface area (Å²) in [6, 6.07) is 4.58. The molecule has 0 radical (unpaired) electrons. The summed E-state index contributed by atoms with van der Waals surface area (Å²) in [4.78, 5) is 11.2. The number of sulfonamides is 1. The normalized spacial score (nSPS) is 11.3. The van der Waals surface area contributed by atoms with E-state index in [0.717, 1.165) is 0 Å². The van der Waals surface area contributed by atoms with Gasteiger partial charge in [0.05, 0.1) is 5.69 Å². The zero-order chi connectivity index (χ0) is 14.5. The molecule has 0 aliphatic heterocycles. The summed E-state index contributed by atoms with van der Waals surface area (Å²) in [5, 5.41) is 2.59. The van der Waals surface area contributed by atoms with Crippen molar-refractivity contribution in [2.24, 2.45) is 0 Å². The zero-order valence-corrected chi connectivity index (χ0v) is 12.8. The molecule has 0 spiro atoms. The van der Waals surface area contributed by atoms with Crippen molar-refractivity contribution >= 4 is 37.5 Å². The molecule has 106 valence electrons. The molecule has 4 N–H and O–H groups in total. The van der Waals surface area contributed by atoms with Crippen LogP contribution in [0, 0.1) is 0 Å². The first kappa shape index (κ1) is 15.9. The van der Waals surface area contributed by atoms with Crippen molar-refractivity contribution < 1.29 is 13.2 Å². The van der Waals surface area contributed by atoms with Crippen LogP contribution >= 0.6 is 15.9 Å². The summed E-state index contributed by atoms with van der Waals surface area (Å²) in [5.74, 6) is -0.201. The van der Waals surface area contributed by atoms with Crippen molar-refractivity contribution in [3.8, 4) is 0 Å². The molecule has 0 saturated carbocycles. The van der Waals surface area contributed by atoms with E-state index < -0.39 is 10.0 Å². The number of benzene rings is 1. The van der Waals surface area contributed by atoms with E-state index in [-0.39, 0.29) is 29.5 Å². The molecule has 1 amide bonds. The quantitative estimate of drug-likeness (QED) is 0.662. The fourth-order valence-corrected chi connectivity index (χ4v) is 3.10. The van der Waals surface area contributed by atoms with Crippen LogP contribution in [0.15, 0.2) is 27.6 Å². The summed E-state index contributed by atoms with van der Waals surface area (Å²) < 4.78 is 27.0. The molecular formula is C11H16BrN3O3S. The molecular weight excluding hydrogens is 334 g/mol. The largest absolute Gasteiger partial charge is 0.398 e. The van der Waals surface area contributed by atoms with Crippen LogP contribution in [-0.4, -0.2) is 27.4 Å². The highest BCUT2D eigenvalue weighted by Gasteiger charge is 2.17. The van der Waals surface area contributed by atoms with Crippen molar-refractivity contribution in [3.05, 3.63) is 22.7 Å². The lowest BCUT2D eigenvalue weighted by atomic mass is 10.3. The maximum absolute atomic E-state index is 12.0. The average Bonchev–Trinajstić information content (AvgIpc) is 2.32. The van der Waals surface area contributed by atoms with E-state index in [0.29, 0.717) is 11.0 Å². The van der Waals surface area contributed by atoms with Gasteiger partial charge < -0.3 is 11.1 Å². The van der Waals surface area contributed by atoms with Crippen LogP contribution in [0.4, 0.5) is 5.69 Å². The number of hydrogen-bond donors (Lipinski definition) is 3.